The maximum Gasteiger partial charge on any atom is 0.264 e. The van der Waals surface area contributed by atoms with Crippen LogP contribution in [-0.4, -0.2) is 27.1 Å². The molecule has 7 heteroatoms. The van der Waals surface area contributed by atoms with Crippen molar-refractivity contribution in [3.63, 3.8) is 0 Å². The van der Waals surface area contributed by atoms with E-state index in [1.807, 2.05) is 30.3 Å². The van der Waals surface area contributed by atoms with Crippen LogP contribution < -0.4 is 9.73 Å². The lowest BCUT2D eigenvalue weighted by atomic mass is 10.0. The van der Waals surface area contributed by atoms with Crippen LogP contribution in [0.2, 0.25) is 0 Å². The van der Waals surface area contributed by atoms with Gasteiger partial charge in [-0.2, -0.15) is 5.10 Å². The van der Waals surface area contributed by atoms with Crippen LogP contribution in [0, 0.1) is 6.92 Å². The standard InChI is InChI=1S/C25H27N3O3S/c1-19(2)22-15-13-21(14-16-22)17-26-27-25(29)18-28(24-12-8-7-9-20(24)3)32(30,31)23-10-5-4-6-11-23/h4-17,19H,18H2,1-3H3,(H,27,29)/b26-17-. The van der Waals surface area contributed by atoms with E-state index in [1.54, 1.807) is 43.3 Å². The second kappa shape index (κ2) is 10.2. The van der Waals surface area contributed by atoms with E-state index in [4.69, 9.17) is 0 Å². The highest BCUT2D eigenvalue weighted by Crippen LogP contribution is 2.26. The molecule has 0 radical (unpaired) electrons. The van der Waals surface area contributed by atoms with Gasteiger partial charge in [0.05, 0.1) is 16.8 Å². The van der Waals surface area contributed by atoms with Gasteiger partial charge in [0, 0.05) is 0 Å². The number of nitrogens with zero attached hydrogens (tertiary/aromatic N) is 2. The van der Waals surface area contributed by atoms with Gasteiger partial charge in [0.15, 0.2) is 0 Å². The third-order valence-electron chi connectivity index (χ3n) is 5.01. The quantitative estimate of drug-likeness (QED) is 0.407. The van der Waals surface area contributed by atoms with E-state index < -0.39 is 22.5 Å². The Morgan fingerprint density at radius 1 is 0.969 bits per heavy atom. The number of hydrogen-bond acceptors (Lipinski definition) is 4. The van der Waals surface area contributed by atoms with Gasteiger partial charge in [-0.15, -0.1) is 0 Å². The van der Waals surface area contributed by atoms with Gasteiger partial charge in [-0.05, 0) is 47.7 Å². The van der Waals surface area contributed by atoms with Crippen molar-refractivity contribution in [3.05, 3.63) is 95.6 Å². The summed E-state index contributed by atoms with van der Waals surface area (Å²) in [5.74, 6) is -0.109. The second-order valence-corrected chi connectivity index (χ2v) is 9.59. The lowest BCUT2D eigenvalue weighted by Crippen LogP contribution is -2.40. The Labute approximate surface area is 189 Å². The summed E-state index contributed by atoms with van der Waals surface area (Å²) in [5, 5.41) is 3.99. The minimum absolute atomic E-state index is 0.116. The number of hydrogen-bond donors (Lipinski definition) is 1. The molecule has 1 N–H and O–H groups in total. The van der Waals surface area contributed by atoms with Gasteiger partial charge in [0.2, 0.25) is 0 Å². The van der Waals surface area contributed by atoms with E-state index in [9.17, 15) is 13.2 Å². The molecular weight excluding hydrogens is 422 g/mol. The molecule has 0 aromatic heterocycles. The molecule has 1 amide bonds. The minimum atomic E-state index is -3.94. The van der Waals surface area contributed by atoms with Crippen molar-refractivity contribution in [2.24, 2.45) is 5.10 Å². The lowest BCUT2D eigenvalue weighted by Gasteiger charge is -2.25. The number of aryl methyl sites for hydroxylation is 1. The van der Waals surface area contributed by atoms with E-state index in [0.717, 1.165) is 15.4 Å². The zero-order valence-corrected chi connectivity index (χ0v) is 19.2. The van der Waals surface area contributed by atoms with Crippen molar-refractivity contribution >= 4 is 27.8 Å². The number of rotatable bonds is 8. The SMILES string of the molecule is Cc1ccccc1N(CC(=O)N/N=C\c1ccc(C(C)C)cc1)S(=O)(=O)c1ccccc1. The average Bonchev–Trinajstić information content (AvgIpc) is 2.79. The van der Waals surface area contributed by atoms with Crippen LogP contribution in [-0.2, 0) is 14.8 Å². The summed E-state index contributed by atoms with van der Waals surface area (Å²) in [7, 11) is -3.94. The molecule has 0 aliphatic heterocycles. The summed E-state index contributed by atoms with van der Waals surface area (Å²) in [6.45, 7) is 5.64. The number of hydrazone groups is 1. The topological polar surface area (TPSA) is 78.8 Å². The van der Waals surface area contributed by atoms with Crippen molar-refractivity contribution in [1.29, 1.82) is 0 Å². The van der Waals surface area contributed by atoms with Gasteiger partial charge in [-0.25, -0.2) is 13.8 Å². The molecule has 0 saturated carbocycles. The summed E-state index contributed by atoms with van der Waals surface area (Å²) in [5.41, 5.74) is 5.67. The first-order valence-electron chi connectivity index (χ1n) is 10.3. The summed E-state index contributed by atoms with van der Waals surface area (Å²) in [6, 6.07) is 23.0. The molecule has 0 atom stereocenters. The monoisotopic (exact) mass is 449 g/mol. The predicted molar refractivity (Wildman–Crippen MR) is 128 cm³/mol. The number of para-hydroxylation sites is 1. The first-order valence-corrected chi connectivity index (χ1v) is 11.8. The number of benzene rings is 3. The first kappa shape index (κ1) is 23.2. The number of amides is 1. The van der Waals surface area contributed by atoms with E-state index in [0.29, 0.717) is 11.6 Å². The third-order valence-corrected chi connectivity index (χ3v) is 6.78. The summed E-state index contributed by atoms with van der Waals surface area (Å²) in [6.07, 6.45) is 1.53. The van der Waals surface area contributed by atoms with Crippen molar-refractivity contribution in [1.82, 2.24) is 5.43 Å². The summed E-state index contributed by atoms with van der Waals surface area (Å²) in [4.78, 5) is 12.7. The van der Waals surface area contributed by atoms with Gasteiger partial charge >= 0.3 is 0 Å². The van der Waals surface area contributed by atoms with Crippen LogP contribution in [0.1, 0.15) is 36.5 Å². The van der Waals surface area contributed by atoms with Gasteiger partial charge in [0.25, 0.3) is 15.9 Å². The van der Waals surface area contributed by atoms with E-state index >= 15 is 0 Å². The Hall–Kier alpha value is -3.45. The van der Waals surface area contributed by atoms with Crippen LogP contribution in [0.4, 0.5) is 5.69 Å². The molecule has 6 nitrogen and oxygen atoms in total. The maximum atomic E-state index is 13.3. The van der Waals surface area contributed by atoms with E-state index in [2.05, 4.69) is 24.4 Å². The van der Waals surface area contributed by atoms with Gasteiger partial charge in [-0.3, -0.25) is 9.10 Å². The predicted octanol–water partition coefficient (Wildman–Crippen LogP) is 4.46. The molecule has 0 unspecified atom stereocenters. The highest BCUT2D eigenvalue weighted by atomic mass is 32.2. The molecule has 0 fully saturated rings. The van der Waals surface area contributed by atoms with Crippen LogP contribution in [0.25, 0.3) is 0 Å². The molecular formula is C25H27N3O3S. The molecule has 0 saturated heterocycles. The van der Waals surface area contributed by atoms with Crippen molar-refractivity contribution < 1.29 is 13.2 Å². The number of nitrogens with one attached hydrogen (secondary N) is 1. The van der Waals surface area contributed by atoms with Crippen LogP contribution in [0.5, 0.6) is 0 Å². The molecule has 0 heterocycles. The highest BCUT2D eigenvalue weighted by molar-refractivity contribution is 7.92. The maximum absolute atomic E-state index is 13.3. The fraction of sp³-hybridized carbons (Fsp3) is 0.200. The number of sulfonamides is 1. The molecule has 166 valence electrons. The van der Waals surface area contributed by atoms with Crippen LogP contribution >= 0.6 is 0 Å². The normalized spacial score (nSPS) is 11.6. The smallest absolute Gasteiger partial charge is 0.264 e. The highest BCUT2D eigenvalue weighted by Gasteiger charge is 2.27. The molecule has 3 aromatic rings. The molecule has 3 rings (SSSR count). The molecule has 0 spiro atoms. The minimum Gasteiger partial charge on any atom is -0.271 e. The van der Waals surface area contributed by atoms with Crippen molar-refractivity contribution in [2.45, 2.75) is 31.6 Å². The number of carbonyl (C=O) groups is 1. The molecule has 0 aliphatic carbocycles. The zero-order valence-electron chi connectivity index (χ0n) is 18.4. The van der Waals surface area contributed by atoms with Gasteiger partial charge in [-0.1, -0.05) is 74.5 Å². The largest absolute Gasteiger partial charge is 0.271 e. The summed E-state index contributed by atoms with van der Waals surface area (Å²) < 4.78 is 27.7. The Kier molecular flexibility index (Phi) is 7.43. The Morgan fingerprint density at radius 3 is 2.22 bits per heavy atom. The van der Waals surface area contributed by atoms with Crippen LogP contribution in [0.15, 0.2) is 88.9 Å². The lowest BCUT2D eigenvalue weighted by molar-refractivity contribution is -0.119. The van der Waals surface area contributed by atoms with Crippen molar-refractivity contribution in [3.8, 4) is 0 Å². The van der Waals surface area contributed by atoms with Gasteiger partial charge < -0.3 is 0 Å². The third kappa shape index (κ3) is 5.62. The molecule has 32 heavy (non-hydrogen) atoms. The zero-order chi connectivity index (χ0) is 23.1. The fourth-order valence-corrected chi connectivity index (χ4v) is 4.68. The molecule has 0 aliphatic rings. The molecule has 0 bridgehead atoms. The Bertz CT molecular complexity index is 1190. The van der Waals surface area contributed by atoms with Gasteiger partial charge in [0.1, 0.15) is 6.54 Å². The second-order valence-electron chi connectivity index (χ2n) is 7.73. The summed E-state index contributed by atoms with van der Waals surface area (Å²) >= 11 is 0. The number of carbonyl (C=O) groups excluding carboxylic acids is 1. The van der Waals surface area contributed by atoms with E-state index in [1.165, 1.54) is 23.9 Å². The fourth-order valence-electron chi connectivity index (χ4n) is 3.17. The molecule has 3 aromatic carbocycles. The average molecular weight is 450 g/mol. The Balaban J connectivity index is 1.79. The van der Waals surface area contributed by atoms with E-state index in [-0.39, 0.29) is 4.90 Å². The Morgan fingerprint density at radius 2 is 1.59 bits per heavy atom. The van der Waals surface area contributed by atoms with Crippen LogP contribution in [0.3, 0.4) is 0 Å². The number of anilines is 1. The first-order chi connectivity index (χ1) is 15.3. The van der Waals surface area contributed by atoms with Crippen molar-refractivity contribution in [2.75, 3.05) is 10.8 Å².